The summed E-state index contributed by atoms with van der Waals surface area (Å²) in [5.41, 5.74) is 6.52. The first-order chi connectivity index (χ1) is 7.43. The molecule has 0 heterocycles. The fourth-order valence-electron chi connectivity index (χ4n) is 1.23. The van der Waals surface area contributed by atoms with Crippen LogP contribution < -0.4 is 11.1 Å². The molecule has 0 radical (unpaired) electrons. The minimum atomic E-state index is -0.447. The number of nitrogens with two attached hydrogens (primary N) is 1. The number of anilines is 2. The van der Waals surface area contributed by atoms with Crippen molar-refractivity contribution in [2.24, 2.45) is 0 Å². The molecule has 1 amide bonds. The summed E-state index contributed by atoms with van der Waals surface area (Å²) < 4.78 is 5.18. The Morgan fingerprint density at radius 2 is 1.94 bits per heavy atom. The van der Waals surface area contributed by atoms with Gasteiger partial charge in [0.15, 0.2) is 0 Å². The van der Waals surface area contributed by atoms with Gasteiger partial charge in [-0.15, -0.1) is 0 Å². The van der Waals surface area contributed by atoms with Gasteiger partial charge in [-0.3, -0.25) is 4.79 Å². The van der Waals surface area contributed by atoms with Crippen LogP contribution in [0.1, 0.15) is 20.3 Å². The van der Waals surface area contributed by atoms with E-state index < -0.39 is 5.60 Å². The number of ether oxygens (including phenoxy) is 1. The molecule has 1 aromatic rings. The molecule has 3 N–H and O–H groups in total. The Labute approximate surface area is 95.8 Å². The first-order valence-corrected chi connectivity index (χ1v) is 5.13. The average Bonchev–Trinajstić information content (AvgIpc) is 2.21. The monoisotopic (exact) mass is 222 g/mol. The van der Waals surface area contributed by atoms with Crippen molar-refractivity contribution in [3.63, 3.8) is 0 Å². The Balaban J connectivity index is 2.55. The van der Waals surface area contributed by atoms with Crippen molar-refractivity contribution in [3.05, 3.63) is 24.3 Å². The van der Waals surface area contributed by atoms with Crippen LogP contribution in [-0.2, 0) is 9.53 Å². The van der Waals surface area contributed by atoms with E-state index >= 15 is 0 Å². The highest BCUT2D eigenvalue weighted by molar-refractivity contribution is 5.91. The SMILES string of the molecule is COC(C)(C)CC(=O)Nc1ccc(N)cc1. The summed E-state index contributed by atoms with van der Waals surface area (Å²) in [4.78, 5) is 11.6. The van der Waals surface area contributed by atoms with Crippen molar-refractivity contribution in [1.29, 1.82) is 0 Å². The number of methoxy groups -OCH3 is 1. The van der Waals surface area contributed by atoms with Gasteiger partial charge in [-0.25, -0.2) is 0 Å². The zero-order valence-electron chi connectivity index (χ0n) is 9.91. The van der Waals surface area contributed by atoms with Gasteiger partial charge in [0.25, 0.3) is 0 Å². The number of nitrogens with one attached hydrogen (secondary N) is 1. The number of hydrogen-bond acceptors (Lipinski definition) is 3. The third kappa shape index (κ3) is 3.90. The molecule has 0 aliphatic heterocycles. The van der Waals surface area contributed by atoms with Crippen molar-refractivity contribution in [2.45, 2.75) is 25.9 Å². The zero-order valence-corrected chi connectivity index (χ0v) is 9.91. The number of carbonyl (C=O) groups excluding carboxylic acids is 1. The van der Waals surface area contributed by atoms with E-state index in [9.17, 15) is 4.79 Å². The molecular weight excluding hydrogens is 204 g/mol. The molecule has 88 valence electrons. The van der Waals surface area contributed by atoms with Gasteiger partial charge >= 0.3 is 0 Å². The van der Waals surface area contributed by atoms with Crippen LogP contribution in [0.2, 0.25) is 0 Å². The first-order valence-electron chi connectivity index (χ1n) is 5.13. The molecule has 1 rings (SSSR count). The molecule has 0 aliphatic rings. The molecule has 0 aromatic heterocycles. The van der Waals surface area contributed by atoms with Gasteiger partial charge in [-0.05, 0) is 38.1 Å². The maximum absolute atomic E-state index is 11.6. The standard InChI is InChI=1S/C12H18N2O2/c1-12(2,16-3)8-11(15)14-10-6-4-9(13)5-7-10/h4-7H,8,13H2,1-3H3,(H,14,15). The van der Waals surface area contributed by atoms with Crippen molar-refractivity contribution >= 4 is 17.3 Å². The Morgan fingerprint density at radius 1 is 1.38 bits per heavy atom. The lowest BCUT2D eigenvalue weighted by Gasteiger charge is -2.21. The maximum Gasteiger partial charge on any atom is 0.227 e. The highest BCUT2D eigenvalue weighted by Crippen LogP contribution is 2.15. The lowest BCUT2D eigenvalue weighted by Crippen LogP contribution is -2.29. The largest absolute Gasteiger partial charge is 0.399 e. The van der Waals surface area contributed by atoms with Crippen molar-refractivity contribution in [1.82, 2.24) is 0 Å². The summed E-state index contributed by atoms with van der Waals surface area (Å²) in [5, 5.41) is 2.79. The Bertz CT molecular complexity index is 358. The molecule has 0 saturated heterocycles. The number of amides is 1. The number of hydrogen-bond donors (Lipinski definition) is 2. The second-order valence-electron chi connectivity index (χ2n) is 4.31. The van der Waals surface area contributed by atoms with Gasteiger partial charge in [-0.1, -0.05) is 0 Å². The smallest absolute Gasteiger partial charge is 0.227 e. The molecular formula is C12H18N2O2. The molecule has 0 saturated carbocycles. The lowest BCUT2D eigenvalue weighted by molar-refractivity contribution is -0.121. The van der Waals surface area contributed by atoms with E-state index in [1.165, 1.54) is 0 Å². The Kier molecular flexibility index (Phi) is 3.90. The van der Waals surface area contributed by atoms with E-state index in [1.807, 2.05) is 13.8 Å². The highest BCUT2D eigenvalue weighted by Gasteiger charge is 2.20. The molecule has 1 aromatic carbocycles. The van der Waals surface area contributed by atoms with Crippen LogP contribution in [0.25, 0.3) is 0 Å². The summed E-state index contributed by atoms with van der Waals surface area (Å²) in [6.45, 7) is 3.74. The maximum atomic E-state index is 11.6. The van der Waals surface area contributed by atoms with Crippen LogP contribution in [0.4, 0.5) is 11.4 Å². The third-order valence-corrected chi connectivity index (χ3v) is 2.33. The van der Waals surface area contributed by atoms with Crippen LogP contribution in [0.15, 0.2) is 24.3 Å². The van der Waals surface area contributed by atoms with E-state index in [0.29, 0.717) is 12.1 Å². The molecule has 16 heavy (non-hydrogen) atoms. The van der Waals surface area contributed by atoms with Crippen LogP contribution in [0.3, 0.4) is 0 Å². The van der Waals surface area contributed by atoms with Gasteiger partial charge in [0, 0.05) is 18.5 Å². The Morgan fingerprint density at radius 3 is 2.44 bits per heavy atom. The number of rotatable bonds is 4. The van der Waals surface area contributed by atoms with E-state index in [4.69, 9.17) is 10.5 Å². The van der Waals surface area contributed by atoms with Crippen LogP contribution in [-0.4, -0.2) is 18.6 Å². The van der Waals surface area contributed by atoms with E-state index in [-0.39, 0.29) is 5.91 Å². The number of carbonyl (C=O) groups is 1. The van der Waals surface area contributed by atoms with Crippen LogP contribution in [0, 0.1) is 0 Å². The van der Waals surface area contributed by atoms with Gasteiger partial charge in [0.05, 0.1) is 12.0 Å². The summed E-state index contributed by atoms with van der Waals surface area (Å²) in [6.07, 6.45) is 0.313. The molecule has 0 fully saturated rings. The minimum Gasteiger partial charge on any atom is -0.399 e. The Hall–Kier alpha value is -1.55. The van der Waals surface area contributed by atoms with Crippen molar-refractivity contribution in [3.8, 4) is 0 Å². The minimum absolute atomic E-state index is 0.0726. The summed E-state index contributed by atoms with van der Waals surface area (Å²) in [7, 11) is 1.59. The predicted octanol–water partition coefficient (Wildman–Crippen LogP) is 2.02. The zero-order chi connectivity index (χ0) is 12.2. The molecule has 4 nitrogen and oxygen atoms in total. The quantitative estimate of drug-likeness (QED) is 0.766. The molecule has 0 atom stereocenters. The topological polar surface area (TPSA) is 64.3 Å². The molecule has 0 unspecified atom stereocenters. The van der Waals surface area contributed by atoms with Gasteiger partial charge in [0.1, 0.15) is 0 Å². The summed E-state index contributed by atoms with van der Waals surface area (Å²) in [5.74, 6) is -0.0726. The highest BCUT2D eigenvalue weighted by atomic mass is 16.5. The third-order valence-electron chi connectivity index (χ3n) is 2.33. The first kappa shape index (κ1) is 12.5. The predicted molar refractivity (Wildman–Crippen MR) is 65.2 cm³/mol. The molecule has 4 heteroatoms. The lowest BCUT2D eigenvalue weighted by atomic mass is 10.0. The van der Waals surface area contributed by atoms with Crippen LogP contribution in [0.5, 0.6) is 0 Å². The van der Waals surface area contributed by atoms with Crippen molar-refractivity contribution < 1.29 is 9.53 Å². The molecule has 0 bridgehead atoms. The fraction of sp³-hybridized carbons (Fsp3) is 0.417. The second kappa shape index (κ2) is 4.99. The second-order valence-corrected chi connectivity index (χ2v) is 4.31. The van der Waals surface area contributed by atoms with E-state index in [0.717, 1.165) is 5.69 Å². The number of benzene rings is 1. The van der Waals surface area contributed by atoms with E-state index in [1.54, 1.807) is 31.4 Å². The summed E-state index contributed by atoms with van der Waals surface area (Å²) in [6, 6.07) is 7.04. The normalized spacial score (nSPS) is 11.2. The number of nitrogen functional groups attached to an aromatic ring is 1. The molecule has 0 spiro atoms. The average molecular weight is 222 g/mol. The van der Waals surface area contributed by atoms with Gasteiger partial charge in [-0.2, -0.15) is 0 Å². The van der Waals surface area contributed by atoms with Crippen molar-refractivity contribution in [2.75, 3.05) is 18.2 Å². The van der Waals surface area contributed by atoms with Crippen LogP contribution >= 0.6 is 0 Å². The summed E-state index contributed by atoms with van der Waals surface area (Å²) >= 11 is 0. The van der Waals surface area contributed by atoms with E-state index in [2.05, 4.69) is 5.32 Å². The van der Waals surface area contributed by atoms with Gasteiger partial charge in [0.2, 0.25) is 5.91 Å². The molecule has 0 aliphatic carbocycles. The van der Waals surface area contributed by atoms with Gasteiger partial charge < -0.3 is 15.8 Å². The fourth-order valence-corrected chi connectivity index (χ4v) is 1.23.